The summed E-state index contributed by atoms with van der Waals surface area (Å²) in [5, 5.41) is 1.53. The maximum Gasteiger partial charge on any atom is 0.403 e. The van der Waals surface area contributed by atoms with Crippen LogP contribution >= 0.6 is 0 Å². The predicted molar refractivity (Wildman–Crippen MR) is 78.9 cm³/mol. The van der Waals surface area contributed by atoms with E-state index in [0.29, 0.717) is 13.2 Å². The fraction of sp³-hybridized carbons (Fsp3) is 0.667. The summed E-state index contributed by atoms with van der Waals surface area (Å²) in [6.07, 6.45) is 5.55. The monoisotopic (exact) mass is 249 g/mol. The fourth-order valence-corrected chi connectivity index (χ4v) is 3.81. The van der Waals surface area contributed by atoms with Crippen molar-refractivity contribution in [3.63, 3.8) is 0 Å². The third-order valence-electron chi connectivity index (χ3n) is 2.78. The molecule has 0 spiro atoms. The lowest BCUT2D eigenvalue weighted by Crippen LogP contribution is -2.34. The van der Waals surface area contributed by atoms with Crippen LogP contribution in [0.4, 0.5) is 0 Å². The summed E-state index contributed by atoms with van der Waals surface area (Å²) in [4.78, 5) is 0. The van der Waals surface area contributed by atoms with Crippen LogP contribution in [-0.4, -0.2) is 35.5 Å². The zero-order valence-corrected chi connectivity index (χ0v) is 12.7. The average molecular weight is 249 g/mol. The van der Waals surface area contributed by atoms with Gasteiger partial charge in [0.1, 0.15) is 0 Å². The molecule has 1 aliphatic carbocycles. The largest absolute Gasteiger partial charge is 0.418 e. The molecule has 0 atom stereocenters. The van der Waals surface area contributed by atoms with E-state index in [-0.39, 0.29) is 7.01 Å². The lowest BCUT2D eigenvalue weighted by Gasteiger charge is -2.21. The molecular weight excluding hydrogens is 226 g/mol. The highest BCUT2D eigenvalue weighted by molar-refractivity contribution is 7.09. The van der Waals surface area contributed by atoms with Gasteiger partial charge in [-0.1, -0.05) is 37.0 Å². The zero-order valence-electron chi connectivity index (χ0n) is 11.7. The first-order valence-electron chi connectivity index (χ1n) is 6.47. The highest BCUT2D eigenvalue weighted by Gasteiger charge is 2.28. The van der Waals surface area contributed by atoms with Crippen molar-refractivity contribution in [2.75, 3.05) is 13.2 Å². The van der Waals surface area contributed by atoms with Gasteiger partial charge in [-0.15, -0.1) is 5.47 Å². The molecule has 1 rings (SSSR count). The van der Waals surface area contributed by atoms with Gasteiger partial charge >= 0.3 is 7.01 Å². The first kappa shape index (κ1) is 14.8. The van der Waals surface area contributed by atoms with Gasteiger partial charge in [-0.3, -0.25) is 0 Å². The van der Waals surface area contributed by atoms with Gasteiger partial charge in [0.2, 0.25) is 0 Å². The normalized spacial score (nSPS) is 15.6. The van der Waals surface area contributed by atoms with E-state index in [1.54, 1.807) is 0 Å². The fourth-order valence-electron chi connectivity index (χ4n) is 2.05. The Balaban J connectivity index is 2.71. The molecule has 5 heteroatoms. The summed E-state index contributed by atoms with van der Waals surface area (Å²) in [5.74, 6) is 0. The molecule has 0 heterocycles. The zero-order chi connectivity index (χ0) is 12.9. The Morgan fingerprint density at radius 2 is 1.82 bits per heavy atom. The number of hydrogen-bond acceptors (Lipinski definition) is 2. The highest BCUT2D eigenvalue weighted by Crippen LogP contribution is 2.27. The molecule has 0 saturated heterocycles. The smallest absolute Gasteiger partial charge is 0.403 e. The lowest BCUT2D eigenvalue weighted by atomic mass is 9.39. The van der Waals surface area contributed by atoms with Gasteiger partial charge in [-0.05, 0) is 20.3 Å². The summed E-state index contributed by atoms with van der Waals surface area (Å²) in [6.45, 7) is 12.5. The molecule has 1 radical (unpaired) electrons. The highest BCUT2D eigenvalue weighted by atomic mass is 28.3. The van der Waals surface area contributed by atoms with E-state index in [4.69, 9.17) is 9.31 Å². The second-order valence-corrected chi connectivity index (χ2v) is 10.3. The van der Waals surface area contributed by atoms with Gasteiger partial charge < -0.3 is 9.31 Å². The van der Waals surface area contributed by atoms with E-state index in [1.807, 2.05) is 13.8 Å². The Kier molecular flexibility index (Phi) is 5.76. The second-order valence-electron chi connectivity index (χ2n) is 5.24. The van der Waals surface area contributed by atoms with Crippen molar-refractivity contribution in [2.24, 2.45) is 0 Å². The maximum atomic E-state index is 5.58. The molecule has 0 fully saturated rings. The molecule has 0 aromatic carbocycles. The Hall–Kier alpha value is -0.253. The van der Waals surface area contributed by atoms with Gasteiger partial charge in [0.05, 0.1) is 8.07 Å². The molecule has 0 amide bonds. The Labute approximate surface area is 108 Å². The molecule has 0 aliphatic heterocycles. The third kappa shape index (κ3) is 4.49. The molecule has 1 aliphatic rings. The molecule has 17 heavy (non-hydrogen) atoms. The topological polar surface area (TPSA) is 18.5 Å². The van der Waals surface area contributed by atoms with Crippen LogP contribution in [0.25, 0.3) is 0 Å². The number of rotatable bonds is 7. The molecule has 0 N–H and O–H groups in total. The summed E-state index contributed by atoms with van der Waals surface area (Å²) in [5.41, 5.74) is 1.40. The average Bonchev–Trinajstić information content (AvgIpc) is 2.66. The number of allylic oxidation sites excluding steroid dienone is 4. The van der Waals surface area contributed by atoms with Gasteiger partial charge in [-0.2, -0.15) is 0 Å². The summed E-state index contributed by atoms with van der Waals surface area (Å²) >= 11 is 0. The van der Waals surface area contributed by atoms with Gasteiger partial charge in [0.15, 0.2) is 7.17 Å². The van der Waals surface area contributed by atoms with E-state index in [1.165, 1.54) is 10.7 Å². The van der Waals surface area contributed by atoms with E-state index in [0.717, 1.165) is 6.42 Å². The minimum Gasteiger partial charge on any atom is -0.418 e. The Morgan fingerprint density at radius 3 is 2.29 bits per heavy atom. The Bertz CT molecular complexity index is 302. The van der Waals surface area contributed by atoms with Crippen molar-refractivity contribution < 1.29 is 9.31 Å². The lowest BCUT2D eigenvalue weighted by molar-refractivity contribution is 0.231. The molecule has 0 aromatic rings. The minimum atomic E-state index is -1.25. The van der Waals surface area contributed by atoms with Crippen LogP contribution in [0.15, 0.2) is 22.8 Å². The van der Waals surface area contributed by atoms with Crippen LogP contribution in [0.3, 0.4) is 0 Å². The van der Waals surface area contributed by atoms with Gasteiger partial charge in [0.25, 0.3) is 0 Å². The van der Waals surface area contributed by atoms with E-state index >= 15 is 0 Å². The van der Waals surface area contributed by atoms with Crippen molar-refractivity contribution in [3.05, 3.63) is 22.8 Å². The standard InChI is InChI=1S/C12H23B2O2Si/c1-6-15-14(16-7-2)13-11-9-8-10-12(11)17(3,4)5/h8,10H,6-7,9H2,1-5H3. The van der Waals surface area contributed by atoms with E-state index in [9.17, 15) is 0 Å². The Morgan fingerprint density at radius 1 is 1.24 bits per heavy atom. The SMILES string of the molecule is CCOB([B]C1=C([Si](C)(C)C)C=CC1)OCC. The summed E-state index contributed by atoms with van der Waals surface area (Å²) < 4.78 is 11.2. The van der Waals surface area contributed by atoms with Crippen LogP contribution in [0, 0.1) is 0 Å². The first-order valence-corrected chi connectivity index (χ1v) is 9.97. The van der Waals surface area contributed by atoms with E-state index < -0.39 is 8.07 Å². The molecule has 93 valence electrons. The van der Waals surface area contributed by atoms with Crippen molar-refractivity contribution in [1.29, 1.82) is 0 Å². The van der Waals surface area contributed by atoms with Crippen molar-refractivity contribution in [3.8, 4) is 0 Å². The van der Waals surface area contributed by atoms with Crippen LogP contribution in [0.1, 0.15) is 20.3 Å². The van der Waals surface area contributed by atoms with Gasteiger partial charge in [-0.25, -0.2) is 0 Å². The van der Waals surface area contributed by atoms with E-state index in [2.05, 4.69) is 39.0 Å². The molecule has 0 saturated carbocycles. The summed E-state index contributed by atoms with van der Waals surface area (Å²) in [6, 6.07) is 0. The minimum absolute atomic E-state index is 0.189. The van der Waals surface area contributed by atoms with Crippen LogP contribution in [-0.2, 0) is 9.31 Å². The molecule has 0 bridgehead atoms. The third-order valence-corrected chi connectivity index (χ3v) is 4.88. The van der Waals surface area contributed by atoms with Gasteiger partial charge in [0, 0.05) is 13.2 Å². The van der Waals surface area contributed by atoms with Crippen LogP contribution in [0.2, 0.25) is 19.6 Å². The predicted octanol–water partition coefficient (Wildman–Crippen LogP) is 2.84. The molecular formula is C12H23B2O2Si. The first-order chi connectivity index (χ1) is 7.99. The van der Waals surface area contributed by atoms with Crippen molar-refractivity contribution in [1.82, 2.24) is 0 Å². The van der Waals surface area contributed by atoms with Crippen molar-refractivity contribution in [2.45, 2.75) is 39.9 Å². The summed E-state index contributed by atoms with van der Waals surface area (Å²) in [7, 11) is 0.715. The second kappa shape index (κ2) is 6.62. The van der Waals surface area contributed by atoms with Crippen LogP contribution < -0.4 is 0 Å². The number of hydrogen-bond donors (Lipinski definition) is 0. The van der Waals surface area contributed by atoms with Crippen LogP contribution in [0.5, 0.6) is 0 Å². The molecule has 0 unspecified atom stereocenters. The molecule has 0 aromatic heterocycles. The molecule has 2 nitrogen and oxygen atoms in total. The quantitative estimate of drug-likeness (QED) is 0.646. The van der Waals surface area contributed by atoms with Crippen molar-refractivity contribution >= 4 is 22.3 Å². The maximum absolute atomic E-state index is 5.58.